The monoisotopic (exact) mass is 336 g/mol. The summed E-state index contributed by atoms with van der Waals surface area (Å²) in [6.07, 6.45) is -1.52. The molecule has 0 saturated heterocycles. The fraction of sp³-hybridized carbons (Fsp3) is 0.389. The second-order valence-electron chi connectivity index (χ2n) is 6.19. The smallest absolute Gasteiger partial charge is 0.318 e. The number of nitrogens with one attached hydrogen (secondary N) is 2. The van der Waals surface area contributed by atoms with Crippen LogP contribution in [0.1, 0.15) is 54.2 Å². The molecular formula is C18H19F3N2O. The van der Waals surface area contributed by atoms with Crippen molar-refractivity contribution in [2.45, 2.75) is 44.4 Å². The SMILES string of the molecule is C[C@H](N[C@H]1CCCc2ccccc21)c1ccc(C(F)(F)F)[nH]c1=O. The third kappa shape index (κ3) is 3.38. The van der Waals surface area contributed by atoms with E-state index in [-0.39, 0.29) is 12.1 Å². The Bertz CT molecular complexity index is 782. The van der Waals surface area contributed by atoms with Crippen molar-refractivity contribution in [3.05, 3.63) is 69.1 Å². The number of alkyl halides is 3. The molecule has 0 amide bonds. The van der Waals surface area contributed by atoms with Gasteiger partial charge in [-0.1, -0.05) is 24.3 Å². The maximum atomic E-state index is 12.7. The number of pyridine rings is 1. The molecule has 1 aromatic carbocycles. The molecule has 6 heteroatoms. The molecule has 24 heavy (non-hydrogen) atoms. The van der Waals surface area contributed by atoms with Gasteiger partial charge in [-0.3, -0.25) is 4.79 Å². The van der Waals surface area contributed by atoms with E-state index in [1.54, 1.807) is 6.92 Å². The van der Waals surface area contributed by atoms with Crippen LogP contribution in [0.25, 0.3) is 0 Å². The van der Waals surface area contributed by atoms with Crippen LogP contribution in [0.15, 0.2) is 41.2 Å². The van der Waals surface area contributed by atoms with Gasteiger partial charge in [0.05, 0.1) is 0 Å². The van der Waals surface area contributed by atoms with Crippen molar-refractivity contribution in [2.24, 2.45) is 0 Å². The Morgan fingerprint density at radius 2 is 1.96 bits per heavy atom. The molecule has 2 atom stereocenters. The molecular weight excluding hydrogens is 317 g/mol. The van der Waals surface area contributed by atoms with Gasteiger partial charge in [0.25, 0.3) is 5.56 Å². The van der Waals surface area contributed by atoms with Crippen molar-refractivity contribution < 1.29 is 13.2 Å². The predicted octanol–water partition coefficient (Wildman–Crippen LogP) is 4.12. The van der Waals surface area contributed by atoms with Gasteiger partial charge in [-0.05, 0) is 49.4 Å². The van der Waals surface area contributed by atoms with Crippen LogP contribution in [-0.2, 0) is 12.6 Å². The van der Waals surface area contributed by atoms with Crippen molar-refractivity contribution in [1.82, 2.24) is 10.3 Å². The largest absolute Gasteiger partial charge is 0.431 e. The molecule has 3 rings (SSSR count). The van der Waals surface area contributed by atoms with Crippen LogP contribution >= 0.6 is 0 Å². The first kappa shape index (κ1) is 16.8. The van der Waals surface area contributed by atoms with E-state index in [1.807, 2.05) is 17.1 Å². The normalized spacial score (nSPS) is 18.9. The van der Waals surface area contributed by atoms with E-state index in [2.05, 4.69) is 17.4 Å². The minimum Gasteiger partial charge on any atom is -0.318 e. The third-order valence-corrected chi connectivity index (χ3v) is 4.53. The summed E-state index contributed by atoms with van der Waals surface area (Å²) in [5.41, 5.74) is 1.08. The highest BCUT2D eigenvalue weighted by molar-refractivity contribution is 5.32. The average molecular weight is 336 g/mol. The lowest BCUT2D eigenvalue weighted by Gasteiger charge is -2.29. The van der Waals surface area contributed by atoms with Gasteiger partial charge < -0.3 is 10.3 Å². The lowest BCUT2D eigenvalue weighted by atomic mass is 9.87. The number of aryl methyl sites for hydroxylation is 1. The lowest BCUT2D eigenvalue weighted by Crippen LogP contribution is -2.31. The van der Waals surface area contributed by atoms with Gasteiger partial charge in [0.1, 0.15) is 5.69 Å². The molecule has 3 nitrogen and oxygen atoms in total. The quantitative estimate of drug-likeness (QED) is 0.885. The predicted molar refractivity (Wildman–Crippen MR) is 85.7 cm³/mol. The molecule has 2 N–H and O–H groups in total. The number of aromatic amines is 1. The van der Waals surface area contributed by atoms with E-state index in [9.17, 15) is 18.0 Å². The molecule has 2 aromatic rings. The molecule has 1 aliphatic carbocycles. The fourth-order valence-corrected chi connectivity index (χ4v) is 3.31. The average Bonchev–Trinajstić information content (AvgIpc) is 2.54. The van der Waals surface area contributed by atoms with Crippen molar-refractivity contribution in [3.8, 4) is 0 Å². The molecule has 0 aliphatic heterocycles. The summed E-state index contributed by atoms with van der Waals surface area (Å²) in [7, 11) is 0. The van der Waals surface area contributed by atoms with Gasteiger partial charge in [-0.2, -0.15) is 13.2 Å². The fourth-order valence-electron chi connectivity index (χ4n) is 3.31. The van der Waals surface area contributed by atoms with Crippen LogP contribution in [-0.4, -0.2) is 4.98 Å². The molecule has 1 aromatic heterocycles. The van der Waals surface area contributed by atoms with Crippen LogP contribution < -0.4 is 10.9 Å². The number of H-pyrrole nitrogens is 1. The number of rotatable bonds is 3. The molecule has 0 spiro atoms. The summed E-state index contributed by atoms with van der Waals surface area (Å²) < 4.78 is 38.0. The summed E-state index contributed by atoms with van der Waals surface area (Å²) >= 11 is 0. The van der Waals surface area contributed by atoms with E-state index in [4.69, 9.17) is 0 Å². The summed E-state index contributed by atoms with van der Waals surface area (Å²) in [5, 5.41) is 3.39. The minimum absolute atomic E-state index is 0.103. The van der Waals surface area contributed by atoms with Crippen LogP contribution in [0.4, 0.5) is 13.2 Å². The molecule has 1 heterocycles. The molecule has 0 saturated carbocycles. The van der Waals surface area contributed by atoms with E-state index < -0.39 is 17.4 Å². The maximum Gasteiger partial charge on any atom is 0.431 e. The second-order valence-corrected chi connectivity index (χ2v) is 6.19. The Morgan fingerprint density at radius 3 is 2.67 bits per heavy atom. The molecule has 0 fully saturated rings. The van der Waals surface area contributed by atoms with Crippen molar-refractivity contribution in [2.75, 3.05) is 0 Å². The Hall–Kier alpha value is -2.08. The number of fused-ring (bicyclic) bond motifs is 1. The number of hydrogen-bond donors (Lipinski definition) is 2. The van der Waals surface area contributed by atoms with Gasteiger partial charge in [0, 0.05) is 17.6 Å². The zero-order valence-corrected chi connectivity index (χ0v) is 13.3. The summed E-state index contributed by atoms with van der Waals surface area (Å²) in [6.45, 7) is 1.80. The van der Waals surface area contributed by atoms with Crippen LogP contribution in [0.2, 0.25) is 0 Å². The first-order valence-electron chi connectivity index (χ1n) is 8.00. The van der Waals surface area contributed by atoms with E-state index >= 15 is 0 Å². The first-order valence-corrected chi connectivity index (χ1v) is 8.00. The second kappa shape index (κ2) is 6.43. The van der Waals surface area contributed by atoms with Gasteiger partial charge >= 0.3 is 6.18 Å². The van der Waals surface area contributed by atoms with E-state index in [0.29, 0.717) is 5.56 Å². The Labute approximate surface area is 137 Å². The Morgan fingerprint density at radius 1 is 1.21 bits per heavy atom. The third-order valence-electron chi connectivity index (χ3n) is 4.53. The molecule has 0 unspecified atom stereocenters. The van der Waals surface area contributed by atoms with Crippen molar-refractivity contribution in [1.29, 1.82) is 0 Å². The summed E-state index contributed by atoms with van der Waals surface area (Å²) in [5.74, 6) is 0. The highest BCUT2D eigenvalue weighted by Gasteiger charge is 2.32. The topological polar surface area (TPSA) is 44.9 Å². The molecule has 0 bridgehead atoms. The minimum atomic E-state index is -4.54. The number of aromatic nitrogens is 1. The maximum absolute atomic E-state index is 12.7. The lowest BCUT2D eigenvalue weighted by molar-refractivity contribution is -0.141. The number of halogens is 3. The highest BCUT2D eigenvalue weighted by atomic mass is 19.4. The zero-order valence-electron chi connectivity index (χ0n) is 13.3. The Kier molecular flexibility index (Phi) is 4.49. The van der Waals surface area contributed by atoms with Gasteiger partial charge in [0.2, 0.25) is 0 Å². The highest BCUT2D eigenvalue weighted by Crippen LogP contribution is 2.31. The van der Waals surface area contributed by atoms with Crippen molar-refractivity contribution in [3.63, 3.8) is 0 Å². The van der Waals surface area contributed by atoms with Gasteiger partial charge in [0.15, 0.2) is 0 Å². The molecule has 1 aliphatic rings. The van der Waals surface area contributed by atoms with Crippen molar-refractivity contribution >= 4 is 0 Å². The van der Waals surface area contributed by atoms with Gasteiger partial charge in [-0.15, -0.1) is 0 Å². The molecule has 128 valence electrons. The first-order chi connectivity index (χ1) is 11.4. The zero-order chi connectivity index (χ0) is 17.3. The number of benzene rings is 1. The van der Waals surface area contributed by atoms with E-state index in [0.717, 1.165) is 25.3 Å². The van der Waals surface area contributed by atoms with Crippen LogP contribution in [0, 0.1) is 0 Å². The number of hydrogen-bond acceptors (Lipinski definition) is 2. The standard InChI is InChI=1S/C18H19F3N2O/c1-11(13-9-10-16(18(19,20)21)23-17(13)24)22-15-8-4-6-12-5-2-3-7-14(12)15/h2-3,5,7,9-11,15,22H,4,6,8H2,1H3,(H,23,24)/t11-,15-/m0/s1. The van der Waals surface area contributed by atoms with Gasteiger partial charge in [-0.25, -0.2) is 0 Å². The van der Waals surface area contributed by atoms with Crippen LogP contribution in [0.5, 0.6) is 0 Å². The molecule has 0 radical (unpaired) electrons. The summed E-state index contributed by atoms with van der Waals surface area (Å²) in [6, 6.07) is 10.1. The van der Waals surface area contributed by atoms with E-state index in [1.165, 1.54) is 17.2 Å². The summed E-state index contributed by atoms with van der Waals surface area (Å²) in [4.78, 5) is 14.0. The van der Waals surface area contributed by atoms with Crippen LogP contribution in [0.3, 0.4) is 0 Å². The Balaban J connectivity index is 1.81.